The molecule has 0 amide bonds. The van der Waals surface area contributed by atoms with Crippen molar-refractivity contribution in [2.45, 2.75) is 20.5 Å². The van der Waals surface area contributed by atoms with E-state index in [1.54, 1.807) is 6.07 Å². The Balaban J connectivity index is 2.24. The zero-order valence-corrected chi connectivity index (χ0v) is 12.3. The van der Waals surface area contributed by atoms with Crippen LogP contribution in [0.15, 0.2) is 30.3 Å². The van der Waals surface area contributed by atoms with Crippen molar-refractivity contribution in [3.63, 3.8) is 0 Å². The minimum Gasteiger partial charge on any atom is -0.488 e. The SMILES string of the molecule is Cc1cc(Cl)cc(C)c1OCc1c(N)cccc1Cl. The van der Waals surface area contributed by atoms with Gasteiger partial charge >= 0.3 is 0 Å². The van der Waals surface area contributed by atoms with Crippen LogP contribution in [0.25, 0.3) is 0 Å². The van der Waals surface area contributed by atoms with Gasteiger partial charge in [-0.2, -0.15) is 0 Å². The van der Waals surface area contributed by atoms with Gasteiger partial charge in [0.2, 0.25) is 0 Å². The van der Waals surface area contributed by atoms with Gasteiger partial charge in [-0.05, 0) is 49.2 Å². The van der Waals surface area contributed by atoms with Crippen LogP contribution >= 0.6 is 23.2 Å². The molecule has 0 aliphatic heterocycles. The third kappa shape index (κ3) is 3.14. The summed E-state index contributed by atoms with van der Waals surface area (Å²) in [6.45, 7) is 4.27. The van der Waals surface area contributed by atoms with Crippen molar-refractivity contribution in [2.24, 2.45) is 0 Å². The monoisotopic (exact) mass is 295 g/mol. The van der Waals surface area contributed by atoms with Crippen LogP contribution < -0.4 is 10.5 Å². The second kappa shape index (κ2) is 5.72. The van der Waals surface area contributed by atoms with Crippen molar-refractivity contribution in [3.8, 4) is 5.75 Å². The van der Waals surface area contributed by atoms with Crippen molar-refractivity contribution in [2.75, 3.05) is 5.73 Å². The molecule has 2 aromatic carbocycles. The average molecular weight is 296 g/mol. The number of rotatable bonds is 3. The Morgan fingerprint density at radius 3 is 2.32 bits per heavy atom. The summed E-state index contributed by atoms with van der Waals surface area (Å²) >= 11 is 12.1. The van der Waals surface area contributed by atoms with E-state index in [0.717, 1.165) is 22.4 Å². The molecule has 0 spiro atoms. The summed E-state index contributed by atoms with van der Waals surface area (Å²) in [7, 11) is 0. The van der Waals surface area contributed by atoms with Crippen molar-refractivity contribution in [3.05, 3.63) is 57.1 Å². The van der Waals surface area contributed by atoms with Crippen LogP contribution in [0.5, 0.6) is 5.75 Å². The molecule has 0 atom stereocenters. The van der Waals surface area contributed by atoms with Crippen molar-refractivity contribution in [1.82, 2.24) is 0 Å². The molecule has 0 unspecified atom stereocenters. The number of hydrogen-bond acceptors (Lipinski definition) is 2. The Labute approximate surface area is 123 Å². The van der Waals surface area contributed by atoms with E-state index in [1.165, 1.54) is 0 Å². The summed E-state index contributed by atoms with van der Waals surface area (Å²) in [4.78, 5) is 0. The van der Waals surface area contributed by atoms with Crippen molar-refractivity contribution < 1.29 is 4.74 Å². The number of nitrogens with two attached hydrogens (primary N) is 1. The first-order chi connectivity index (χ1) is 8.99. The Bertz CT molecular complexity index is 568. The van der Waals surface area contributed by atoms with Gasteiger partial charge in [0.25, 0.3) is 0 Å². The van der Waals surface area contributed by atoms with E-state index in [1.807, 2.05) is 38.1 Å². The van der Waals surface area contributed by atoms with Gasteiger partial charge in [-0.15, -0.1) is 0 Å². The molecule has 2 aromatic rings. The molecule has 0 aliphatic rings. The van der Waals surface area contributed by atoms with Crippen LogP contribution in [0.4, 0.5) is 5.69 Å². The maximum atomic E-state index is 6.12. The highest BCUT2D eigenvalue weighted by Crippen LogP contribution is 2.29. The summed E-state index contributed by atoms with van der Waals surface area (Å²) < 4.78 is 5.85. The summed E-state index contributed by atoms with van der Waals surface area (Å²) in [6.07, 6.45) is 0. The predicted molar refractivity (Wildman–Crippen MR) is 81.1 cm³/mol. The minimum absolute atomic E-state index is 0.342. The second-order valence-electron chi connectivity index (χ2n) is 4.47. The zero-order chi connectivity index (χ0) is 14.0. The quantitative estimate of drug-likeness (QED) is 0.828. The van der Waals surface area contributed by atoms with E-state index >= 15 is 0 Å². The van der Waals surface area contributed by atoms with Gasteiger partial charge in [0.05, 0.1) is 0 Å². The van der Waals surface area contributed by atoms with E-state index < -0.39 is 0 Å². The lowest BCUT2D eigenvalue weighted by Gasteiger charge is -2.14. The smallest absolute Gasteiger partial charge is 0.125 e. The lowest BCUT2D eigenvalue weighted by molar-refractivity contribution is 0.303. The third-order valence-corrected chi connectivity index (χ3v) is 3.51. The van der Waals surface area contributed by atoms with Crippen LogP contribution in [-0.2, 0) is 6.61 Å². The minimum atomic E-state index is 0.342. The Kier molecular flexibility index (Phi) is 4.23. The van der Waals surface area contributed by atoms with Crippen molar-refractivity contribution >= 4 is 28.9 Å². The fraction of sp³-hybridized carbons (Fsp3) is 0.200. The molecule has 0 aromatic heterocycles. The summed E-state index contributed by atoms with van der Waals surface area (Å²) in [5.74, 6) is 0.823. The average Bonchev–Trinajstić information content (AvgIpc) is 2.31. The van der Waals surface area contributed by atoms with Gasteiger partial charge in [0.15, 0.2) is 0 Å². The van der Waals surface area contributed by atoms with Gasteiger partial charge in [0.1, 0.15) is 12.4 Å². The highest BCUT2D eigenvalue weighted by molar-refractivity contribution is 6.31. The number of hydrogen-bond donors (Lipinski definition) is 1. The van der Waals surface area contributed by atoms with E-state index in [2.05, 4.69) is 0 Å². The molecule has 0 heterocycles. The molecule has 19 heavy (non-hydrogen) atoms. The van der Waals surface area contributed by atoms with Crippen LogP contribution in [0.2, 0.25) is 10.0 Å². The van der Waals surface area contributed by atoms with Gasteiger partial charge < -0.3 is 10.5 Å². The number of aryl methyl sites for hydroxylation is 2. The van der Waals surface area contributed by atoms with Gasteiger partial charge in [-0.3, -0.25) is 0 Å². The number of benzene rings is 2. The topological polar surface area (TPSA) is 35.2 Å². The maximum absolute atomic E-state index is 6.12. The first-order valence-corrected chi connectivity index (χ1v) is 6.67. The molecule has 0 saturated heterocycles. The van der Waals surface area contributed by atoms with E-state index in [9.17, 15) is 0 Å². The molecule has 0 saturated carbocycles. The molecular weight excluding hydrogens is 281 g/mol. The lowest BCUT2D eigenvalue weighted by atomic mass is 10.1. The van der Waals surface area contributed by atoms with E-state index in [0.29, 0.717) is 22.3 Å². The standard InChI is InChI=1S/C15H15Cl2NO/c1-9-6-11(16)7-10(2)15(9)19-8-12-13(17)4-3-5-14(12)18/h3-7H,8,18H2,1-2H3. The van der Waals surface area contributed by atoms with Gasteiger partial charge in [-0.25, -0.2) is 0 Å². The van der Waals surface area contributed by atoms with E-state index in [-0.39, 0.29) is 0 Å². The van der Waals surface area contributed by atoms with Crippen LogP contribution in [-0.4, -0.2) is 0 Å². The molecule has 0 aliphatic carbocycles. The Hall–Kier alpha value is -1.38. The highest BCUT2D eigenvalue weighted by Gasteiger charge is 2.09. The molecule has 2 nitrogen and oxygen atoms in total. The summed E-state index contributed by atoms with van der Waals surface area (Å²) in [6, 6.07) is 9.18. The fourth-order valence-corrected chi connectivity index (χ4v) is 2.56. The number of nitrogen functional groups attached to an aromatic ring is 1. The Morgan fingerprint density at radius 1 is 1.11 bits per heavy atom. The predicted octanol–water partition coefficient (Wildman–Crippen LogP) is 4.77. The van der Waals surface area contributed by atoms with Crippen LogP contribution in [0.3, 0.4) is 0 Å². The molecule has 2 rings (SSSR count). The summed E-state index contributed by atoms with van der Waals surface area (Å²) in [5, 5.41) is 1.32. The van der Waals surface area contributed by atoms with Gasteiger partial charge in [0, 0.05) is 21.3 Å². The first kappa shape index (κ1) is 14.0. The zero-order valence-electron chi connectivity index (χ0n) is 10.8. The van der Waals surface area contributed by atoms with Crippen LogP contribution in [0.1, 0.15) is 16.7 Å². The molecule has 4 heteroatoms. The molecule has 2 N–H and O–H groups in total. The van der Waals surface area contributed by atoms with E-state index in [4.69, 9.17) is 33.7 Å². The largest absolute Gasteiger partial charge is 0.488 e. The highest BCUT2D eigenvalue weighted by atomic mass is 35.5. The number of halogens is 2. The second-order valence-corrected chi connectivity index (χ2v) is 5.31. The summed E-state index contributed by atoms with van der Waals surface area (Å²) in [5.41, 5.74) is 9.33. The van der Waals surface area contributed by atoms with Crippen LogP contribution in [0, 0.1) is 13.8 Å². The third-order valence-electron chi connectivity index (χ3n) is 2.94. The number of ether oxygens (including phenoxy) is 1. The molecule has 0 radical (unpaired) electrons. The van der Waals surface area contributed by atoms with Gasteiger partial charge in [-0.1, -0.05) is 29.3 Å². The normalized spacial score (nSPS) is 10.5. The first-order valence-electron chi connectivity index (χ1n) is 5.91. The lowest BCUT2D eigenvalue weighted by Crippen LogP contribution is -2.03. The molecule has 100 valence electrons. The molecule has 0 fully saturated rings. The number of anilines is 1. The fourth-order valence-electron chi connectivity index (χ4n) is 2.00. The maximum Gasteiger partial charge on any atom is 0.125 e. The molecule has 0 bridgehead atoms. The molecular formula is C15H15Cl2NO. The van der Waals surface area contributed by atoms with Crippen molar-refractivity contribution in [1.29, 1.82) is 0 Å². The Morgan fingerprint density at radius 2 is 1.74 bits per heavy atom.